The molecule has 3 rings (SSSR count). The molecule has 0 radical (unpaired) electrons. The smallest absolute Gasteiger partial charge is 0.296 e. The van der Waals surface area contributed by atoms with Crippen LogP contribution in [0.2, 0.25) is 0 Å². The normalized spacial score (nSPS) is 11.3. The van der Waals surface area contributed by atoms with E-state index in [0.29, 0.717) is 11.6 Å². The number of aromatic nitrogens is 3. The van der Waals surface area contributed by atoms with Crippen molar-refractivity contribution < 1.29 is 32.1 Å². The maximum absolute atomic E-state index is 12.1. The molecular weight excluding hydrogens is 478 g/mol. The molecule has 0 bridgehead atoms. The van der Waals surface area contributed by atoms with Crippen molar-refractivity contribution >= 4 is 33.1 Å². The molecule has 0 aliphatic rings. The third-order valence-electron chi connectivity index (χ3n) is 4.68. The van der Waals surface area contributed by atoms with Crippen molar-refractivity contribution in [3.8, 4) is 0 Å². The Morgan fingerprint density at radius 1 is 1.17 bits per heavy atom. The van der Waals surface area contributed by atoms with Crippen LogP contribution in [0.25, 0.3) is 0 Å². The Kier molecular flexibility index (Phi) is 8.55. The topological polar surface area (TPSA) is 179 Å². The van der Waals surface area contributed by atoms with Crippen LogP contribution in [0.1, 0.15) is 31.1 Å². The SMILES string of the molecule is CC(C)(C)C(=O)C[n+]1cnn(CC(=O)c2ccccc2)c1.Nc1ccc([N+](=O)[O-])cc1S(=O)(=O)O. The van der Waals surface area contributed by atoms with Gasteiger partial charge in [-0.05, 0) is 6.07 Å². The Morgan fingerprint density at radius 3 is 2.34 bits per heavy atom. The number of nitro benzene ring substituents is 1. The number of nitrogens with two attached hydrogens (primary N) is 1. The van der Waals surface area contributed by atoms with Gasteiger partial charge in [0.1, 0.15) is 11.4 Å². The van der Waals surface area contributed by atoms with Crippen molar-refractivity contribution in [1.29, 1.82) is 0 Å². The van der Waals surface area contributed by atoms with Crippen LogP contribution in [0, 0.1) is 15.5 Å². The second-order valence-electron chi connectivity index (χ2n) is 8.53. The Balaban J connectivity index is 0.000000269. The summed E-state index contributed by atoms with van der Waals surface area (Å²) in [7, 11) is -4.52. The Bertz CT molecular complexity index is 1330. The van der Waals surface area contributed by atoms with Crippen molar-refractivity contribution in [2.45, 2.75) is 38.8 Å². The van der Waals surface area contributed by atoms with E-state index in [0.717, 1.165) is 12.1 Å². The van der Waals surface area contributed by atoms with Gasteiger partial charge >= 0.3 is 0 Å². The fraction of sp³-hybridized carbons (Fsp3) is 0.273. The van der Waals surface area contributed by atoms with Crippen LogP contribution >= 0.6 is 0 Å². The number of non-ortho nitro benzene ring substituents is 1. The number of carbonyl (C=O) groups is 2. The Morgan fingerprint density at radius 2 is 1.80 bits per heavy atom. The number of nitrogens with zero attached hydrogens (tertiary/aromatic N) is 4. The lowest BCUT2D eigenvalue weighted by atomic mass is 9.91. The molecular formula is C22H26N5O7S+. The highest BCUT2D eigenvalue weighted by Gasteiger charge is 2.23. The summed E-state index contributed by atoms with van der Waals surface area (Å²) in [6.07, 6.45) is 3.26. The minimum absolute atomic E-state index is 0.00648. The third kappa shape index (κ3) is 8.08. The zero-order valence-corrected chi connectivity index (χ0v) is 20.2. The molecule has 1 heterocycles. The van der Waals surface area contributed by atoms with Crippen LogP contribution in [0.3, 0.4) is 0 Å². The summed E-state index contributed by atoms with van der Waals surface area (Å²) in [5.74, 6) is 0.120. The summed E-state index contributed by atoms with van der Waals surface area (Å²) >= 11 is 0. The Labute approximate surface area is 201 Å². The predicted molar refractivity (Wildman–Crippen MR) is 125 cm³/mol. The summed E-state index contributed by atoms with van der Waals surface area (Å²) in [6.45, 7) is 6.10. The van der Waals surface area contributed by atoms with Gasteiger partial charge in [-0.3, -0.25) is 24.3 Å². The molecule has 3 N–H and O–H groups in total. The van der Waals surface area contributed by atoms with Crippen molar-refractivity contribution in [2.75, 3.05) is 5.73 Å². The van der Waals surface area contributed by atoms with Crippen LogP contribution < -0.4 is 10.3 Å². The average molecular weight is 505 g/mol. The van der Waals surface area contributed by atoms with Crippen molar-refractivity contribution in [3.63, 3.8) is 0 Å². The molecule has 0 atom stereocenters. The molecule has 186 valence electrons. The highest BCUT2D eigenvalue weighted by atomic mass is 32.2. The lowest BCUT2D eigenvalue weighted by Gasteiger charge is -2.14. The predicted octanol–water partition coefficient (Wildman–Crippen LogP) is 2.09. The minimum atomic E-state index is -4.52. The second kappa shape index (κ2) is 11.0. The number of nitrogen functional groups attached to an aromatic ring is 1. The van der Waals surface area contributed by atoms with E-state index in [1.807, 2.05) is 39.0 Å². The first kappa shape index (κ1) is 27.3. The van der Waals surface area contributed by atoms with Crippen LogP contribution in [0.5, 0.6) is 0 Å². The van der Waals surface area contributed by atoms with Gasteiger partial charge in [0.05, 0.1) is 10.6 Å². The van der Waals surface area contributed by atoms with E-state index in [2.05, 4.69) is 5.10 Å². The van der Waals surface area contributed by atoms with Crippen molar-refractivity contribution in [1.82, 2.24) is 9.78 Å². The highest BCUT2D eigenvalue weighted by Crippen LogP contribution is 2.23. The van der Waals surface area contributed by atoms with Gasteiger partial charge in [0, 0.05) is 28.2 Å². The number of hydrogen-bond acceptors (Lipinski definition) is 8. The number of benzene rings is 2. The van der Waals surface area contributed by atoms with Crippen LogP contribution in [-0.4, -0.2) is 39.2 Å². The molecule has 13 heteroatoms. The van der Waals surface area contributed by atoms with Crippen LogP contribution in [-0.2, 0) is 28.0 Å². The van der Waals surface area contributed by atoms with Gasteiger partial charge in [0.15, 0.2) is 18.1 Å². The summed E-state index contributed by atoms with van der Waals surface area (Å²) < 4.78 is 33.3. The van der Waals surface area contributed by atoms with E-state index in [1.165, 1.54) is 0 Å². The number of anilines is 1. The molecule has 0 amide bonds. The second-order valence-corrected chi connectivity index (χ2v) is 9.92. The first-order valence-electron chi connectivity index (χ1n) is 10.2. The van der Waals surface area contributed by atoms with Gasteiger partial charge in [-0.1, -0.05) is 51.1 Å². The monoisotopic (exact) mass is 504 g/mol. The molecule has 2 aromatic carbocycles. The van der Waals surface area contributed by atoms with Gasteiger partial charge < -0.3 is 5.73 Å². The van der Waals surface area contributed by atoms with E-state index in [1.54, 1.807) is 34.0 Å². The van der Waals surface area contributed by atoms with E-state index < -0.39 is 25.6 Å². The summed E-state index contributed by atoms with van der Waals surface area (Å²) in [5, 5.41) is 14.4. The van der Waals surface area contributed by atoms with Crippen molar-refractivity contribution in [3.05, 3.63) is 76.9 Å². The van der Waals surface area contributed by atoms with Gasteiger partial charge in [0.25, 0.3) is 22.1 Å². The maximum Gasteiger partial charge on any atom is 0.296 e. The van der Waals surface area contributed by atoms with Gasteiger partial charge in [-0.15, -0.1) is 4.68 Å². The molecule has 1 aromatic heterocycles. The zero-order chi connectivity index (χ0) is 26.4. The molecule has 3 aromatic rings. The van der Waals surface area contributed by atoms with E-state index in [-0.39, 0.29) is 35.8 Å². The van der Waals surface area contributed by atoms with Crippen molar-refractivity contribution in [2.24, 2.45) is 5.41 Å². The molecule has 0 aliphatic heterocycles. The fourth-order valence-electron chi connectivity index (χ4n) is 2.65. The van der Waals surface area contributed by atoms with Gasteiger partial charge in [0.2, 0.25) is 6.33 Å². The third-order valence-corrected chi connectivity index (χ3v) is 5.59. The van der Waals surface area contributed by atoms with Gasteiger partial charge in [-0.2, -0.15) is 8.42 Å². The fourth-order valence-corrected chi connectivity index (χ4v) is 3.29. The largest absolute Gasteiger partial charge is 0.398 e. The van der Waals surface area contributed by atoms with Crippen LogP contribution in [0.4, 0.5) is 11.4 Å². The highest BCUT2D eigenvalue weighted by molar-refractivity contribution is 7.86. The minimum Gasteiger partial charge on any atom is -0.398 e. The first-order chi connectivity index (χ1) is 16.2. The molecule has 0 spiro atoms. The lowest BCUT2D eigenvalue weighted by molar-refractivity contribution is -0.685. The molecule has 0 aliphatic carbocycles. The maximum atomic E-state index is 12.1. The molecule has 0 saturated heterocycles. The molecule has 0 unspecified atom stereocenters. The molecule has 35 heavy (non-hydrogen) atoms. The number of hydrogen-bond donors (Lipinski definition) is 2. The number of ketones is 2. The number of carbonyl (C=O) groups excluding carboxylic acids is 2. The Hall–Kier alpha value is -3.97. The number of Topliss-reactive ketones (excluding diaryl/α,β-unsaturated/α-hetero) is 2. The lowest BCUT2D eigenvalue weighted by Crippen LogP contribution is -2.40. The van der Waals surface area contributed by atoms with Crippen LogP contribution in [0.15, 0.2) is 66.1 Å². The molecule has 12 nitrogen and oxygen atoms in total. The molecule has 0 saturated carbocycles. The van der Waals surface area contributed by atoms with E-state index in [4.69, 9.17) is 10.3 Å². The molecule has 0 fully saturated rings. The van der Waals surface area contributed by atoms with Gasteiger partial charge in [-0.25, -0.2) is 4.57 Å². The zero-order valence-electron chi connectivity index (χ0n) is 19.4. The quantitative estimate of drug-likeness (QED) is 0.122. The average Bonchev–Trinajstić information content (AvgIpc) is 3.20. The summed E-state index contributed by atoms with van der Waals surface area (Å²) in [6, 6.07) is 11.9. The summed E-state index contributed by atoms with van der Waals surface area (Å²) in [4.78, 5) is 32.9. The first-order valence-corrected chi connectivity index (χ1v) is 11.7. The van der Waals surface area contributed by atoms with E-state index in [9.17, 15) is 28.1 Å². The number of nitro groups is 1. The summed E-state index contributed by atoms with van der Waals surface area (Å²) in [5.41, 5.74) is 4.80. The van der Waals surface area contributed by atoms with E-state index >= 15 is 0 Å². The standard InChI is InChI=1S/C16H20N3O2.C6H6N2O5S/c1-16(2,3)15(21)10-18-11-17-19(12-18)9-14(20)13-7-5-4-6-8-13;7-5-2-1-4(8(9)10)3-6(5)14(11,12)13/h4-8,11-12H,9-10H2,1-3H3;1-3H,7H2,(H,11,12,13)/q+1;. The number of rotatable bonds is 7.